The van der Waals surface area contributed by atoms with Crippen LogP contribution in [-0.4, -0.2) is 25.0 Å². The Kier molecular flexibility index (Phi) is 5.28. The summed E-state index contributed by atoms with van der Waals surface area (Å²) in [6.07, 6.45) is 0. The molecule has 1 heterocycles. The van der Waals surface area contributed by atoms with Crippen LogP contribution in [-0.2, 0) is 9.53 Å². The third kappa shape index (κ3) is 4.02. The highest BCUT2D eigenvalue weighted by atomic mass is 16.5. The van der Waals surface area contributed by atoms with Crippen molar-refractivity contribution in [3.05, 3.63) is 76.6 Å². The number of rotatable bonds is 5. The van der Waals surface area contributed by atoms with Gasteiger partial charge in [-0.25, -0.2) is 9.59 Å². The van der Waals surface area contributed by atoms with Crippen LogP contribution in [0.5, 0.6) is 0 Å². The molecule has 0 atom stereocenters. The van der Waals surface area contributed by atoms with E-state index in [-0.39, 0.29) is 12.1 Å². The standard InChI is InChI=1S/C20H14N2O5/c21-10-11-22(15-7-2-1-3-8-15)18(23)13-26-19(24)16-12-14-6-4-5-9-17(14)27-20(16)25/h1-9,12H,11,13H2. The molecular formula is C20H14N2O5. The summed E-state index contributed by atoms with van der Waals surface area (Å²) in [5.74, 6) is -1.55. The zero-order valence-corrected chi connectivity index (χ0v) is 14.1. The molecule has 0 bridgehead atoms. The second-order valence-electron chi connectivity index (χ2n) is 5.54. The van der Waals surface area contributed by atoms with Gasteiger partial charge in [-0.2, -0.15) is 5.26 Å². The molecule has 3 aromatic rings. The van der Waals surface area contributed by atoms with Gasteiger partial charge in [0.2, 0.25) is 0 Å². The number of fused-ring (bicyclic) bond motifs is 1. The summed E-state index contributed by atoms with van der Waals surface area (Å²) in [7, 11) is 0. The van der Waals surface area contributed by atoms with Crippen LogP contribution in [0.2, 0.25) is 0 Å². The van der Waals surface area contributed by atoms with Gasteiger partial charge in [-0.15, -0.1) is 0 Å². The van der Waals surface area contributed by atoms with Crippen LogP contribution >= 0.6 is 0 Å². The molecule has 0 radical (unpaired) electrons. The van der Waals surface area contributed by atoms with Crippen molar-refractivity contribution >= 4 is 28.5 Å². The molecule has 3 rings (SSSR count). The van der Waals surface area contributed by atoms with E-state index in [0.29, 0.717) is 16.7 Å². The number of carbonyl (C=O) groups is 2. The van der Waals surface area contributed by atoms with Crippen molar-refractivity contribution in [2.24, 2.45) is 0 Å². The maximum Gasteiger partial charge on any atom is 0.351 e. The van der Waals surface area contributed by atoms with Crippen LogP contribution in [0.15, 0.2) is 69.9 Å². The van der Waals surface area contributed by atoms with Crippen molar-refractivity contribution in [1.82, 2.24) is 0 Å². The smallest absolute Gasteiger partial charge is 0.351 e. The van der Waals surface area contributed by atoms with E-state index in [2.05, 4.69) is 0 Å². The Morgan fingerprint density at radius 1 is 1.07 bits per heavy atom. The van der Waals surface area contributed by atoms with Crippen molar-refractivity contribution in [3.8, 4) is 6.07 Å². The fourth-order valence-electron chi connectivity index (χ4n) is 2.49. The van der Waals surface area contributed by atoms with Crippen LogP contribution in [0.3, 0.4) is 0 Å². The third-order valence-electron chi connectivity index (χ3n) is 3.79. The molecule has 0 fully saturated rings. The van der Waals surface area contributed by atoms with Crippen LogP contribution in [0.4, 0.5) is 5.69 Å². The summed E-state index contributed by atoms with van der Waals surface area (Å²) in [5, 5.41) is 9.49. The molecule has 1 aromatic heterocycles. The van der Waals surface area contributed by atoms with Gasteiger partial charge in [-0.1, -0.05) is 36.4 Å². The quantitative estimate of drug-likeness (QED) is 0.393. The molecular weight excluding hydrogens is 348 g/mol. The number of hydrogen-bond acceptors (Lipinski definition) is 6. The van der Waals surface area contributed by atoms with E-state index in [4.69, 9.17) is 14.4 Å². The Morgan fingerprint density at radius 2 is 1.78 bits per heavy atom. The summed E-state index contributed by atoms with van der Waals surface area (Å²) >= 11 is 0. The minimum atomic E-state index is -0.965. The van der Waals surface area contributed by atoms with Crippen molar-refractivity contribution < 1.29 is 18.7 Å². The van der Waals surface area contributed by atoms with Gasteiger partial charge in [0, 0.05) is 11.1 Å². The largest absolute Gasteiger partial charge is 0.452 e. The first-order valence-corrected chi connectivity index (χ1v) is 8.02. The Labute approximate surface area is 154 Å². The second-order valence-corrected chi connectivity index (χ2v) is 5.54. The topological polar surface area (TPSA) is 101 Å². The number of para-hydroxylation sites is 2. The first kappa shape index (κ1) is 17.9. The molecule has 0 saturated heterocycles. The molecule has 1 amide bonds. The molecule has 7 heteroatoms. The first-order chi connectivity index (χ1) is 13.1. The molecule has 0 saturated carbocycles. The van der Waals surface area contributed by atoms with Crippen LogP contribution < -0.4 is 10.5 Å². The molecule has 7 nitrogen and oxygen atoms in total. The summed E-state index contributed by atoms with van der Waals surface area (Å²) < 4.78 is 10.1. The van der Waals surface area contributed by atoms with E-state index in [0.717, 1.165) is 0 Å². The predicted molar refractivity (Wildman–Crippen MR) is 97.2 cm³/mol. The third-order valence-corrected chi connectivity index (χ3v) is 3.79. The van der Waals surface area contributed by atoms with E-state index in [1.165, 1.54) is 11.0 Å². The zero-order chi connectivity index (χ0) is 19.2. The zero-order valence-electron chi connectivity index (χ0n) is 14.1. The van der Waals surface area contributed by atoms with Gasteiger partial charge in [0.25, 0.3) is 5.91 Å². The van der Waals surface area contributed by atoms with Crippen LogP contribution in [0, 0.1) is 11.3 Å². The van der Waals surface area contributed by atoms with E-state index in [1.807, 2.05) is 6.07 Å². The van der Waals surface area contributed by atoms with Crippen molar-refractivity contribution in [1.29, 1.82) is 5.26 Å². The fourth-order valence-corrected chi connectivity index (χ4v) is 2.49. The summed E-state index contributed by atoms with van der Waals surface area (Å²) in [5.41, 5.74) is -0.291. The molecule has 0 N–H and O–H groups in total. The van der Waals surface area contributed by atoms with Gasteiger partial charge in [0.1, 0.15) is 17.7 Å². The average Bonchev–Trinajstić information content (AvgIpc) is 2.70. The van der Waals surface area contributed by atoms with Gasteiger partial charge in [0.05, 0.1) is 6.07 Å². The number of anilines is 1. The Hall–Kier alpha value is -3.92. The lowest BCUT2D eigenvalue weighted by atomic mass is 10.2. The van der Waals surface area contributed by atoms with E-state index >= 15 is 0 Å². The number of hydrogen-bond donors (Lipinski definition) is 0. The predicted octanol–water partition coefficient (Wildman–Crippen LogP) is 2.51. The number of amides is 1. The molecule has 134 valence electrons. The SMILES string of the molecule is N#CCN(C(=O)COC(=O)c1cc2ccccc2oc1=O)c1ccccc1. The van der Waals surface area contributed by atoms with Gasteiger partial charge in [-0.3, -0.25) is 9.69 Å². The summed E-state index contributed by atoms with van der Waals surface area (Å²) in [4.78, 5) is 37.7. The number of esters is 1. The minimum Gasteiger partial charge on any atom is -0.452 e. The molecule has 0 unspecified atom stereocenters. The normalized spacial score (nSPS) is 10.2. The van der Waals surface area contributed by atoms with Crippen LogP contribution in [0.1, 0.15) is 10.4 Å². The molecule has 0 aliphatic heterocycles. The lowest BCUT2D eigenvalue weighted by Gasteiger charge is -2.19. The number of nitriles is 1. The number of benzene rings is 2. The van der Waals surface area contributed by atoms with Gasteiger partial charge in [0.15, 0.2) is 6.61 Å². The maximum absolute atomic E-state index is 12.4. The molecule has 0 spiro atoms. The van der Waals surface area contributed by atoms with Crippen molar-refractivity contribution in [2.75, 3.05) is 18.1 Å². The van der Waals surface area contributed by atoms with Gasteiger partial charge in [-0.05, 0) is 24.3 Å². The van der Waals surface area contributed by atoms with Crippen LogP contribution in [0.25, 0.3) is 11.0 Å². The molecule has 0 aliphatic carbocycles. The monoisotopic (exact) mass is 362 g/mol. The Morgan fingerprint density at radius 3 is 2.52 bits per heavy atom. The summed E-state index contributed by atoms with van der Waals surface area (Å²) in [6.45, 7) is -0.805. The first-order valence-electron chi connectivity index (χ1n) is 8.02. The maximum atomic E-state index is 12.4. The number of nitrogens with zero attached hydrogens (tertiary/aromatic N) is 2. The van der Waals surface area contributed by atoms with Gasteiger partial charge >= 0.3 is 11.6 Å². The summed E-state index contributed by atoms with van der Waals surface area (Å²) in [6, 6.07) is 18.5. The molecule has 2 aromatic carbocycles. The van der Waals surface area contributed by atoms with E-state index in [9.17, 15) is 14.4 Å². The Balaban J connectivity index is 1.75. The van der Waals surface area contributed by atoms with E-state index in [1.54, 1.807) is 54.6 Å². The lowest BCUT2D eigenvalue weighted by molar-refractivity contribution is -0.121. The lowest BCUT2D eigenvalue weighted by Crippen LogP contribution is -2.35. The van der Waals surface area contributed by atoms with E-state index < -0.39 is 24.1 Å². The molecule has 27 heavy (non-hydrogen) atoms. The Bertz CT molecular complexity index is 1080. The highest BCUT2D eigenvalue weighted by molar-refractivity contribution is 5.98. The second kappa shape index (κ2) is 7.97. The molecule has 0 aliphatic rings. The minimum absolute atomic E-state index is 0.196. The average molecular weight is 362 g/mol. The van der Waals surface area contributed by atoms with Gasteiger partial charge < -0.3 is 9.15 Å². The highest BCUT2D eigenvalue weighted by Crippen LogP contribution is 2.15. The number of ether oxygens (including phenoxy) is 1. The fraction of sp³-hybridized carbons (Fsp3) is 0.100. The highest BCUT2D eigenvalue weighted by Gasteiger charge is 2.20. The van der Waals surface area contributed by atoms with Crippen molar-refractivity contribution in [2.45, 2.75) is 0 Å². The number of carbonyl (C=O) groups excluding carboxylic acids is 2. The van der Waals surface area contributed by atoms with Crippen molar-refractivity contribution in [3.63, 3.8) is 0 Å².